The molecule has 0 radical (unpaired) electrons. The maximum Gasteiger partial charge on any atom is 0.251 e. The predicted molar refractivity (Wildman–Crippen MR) is 91.3 cm³/mol. The normalized spacial score (nSPS) is 16.0. The second-order valence-corrected chi connectivity index (χ2v) is 8.00. The quantitative estimate of drug-likeness (QED) is 0.849. The van der Waals surface area contributed by atoms with Crippen LogP contribution in [-0.2, 0) is 10.0 Å². The Kier molecular flexibility index (Phi) is 6.06. The van der Waals surface area contributed by atoms with E-state index in [0.717, 1.165) is 25.7 Å². The van der Waals surface area contributed by atoms with Crippen molar-refractivity contribution in [3.05, 3.63) is 28.8 Å². The van der Waals surface area contributed by atoms with Gasteiger partial charge in [-0.15, -0.1) is 0 Å². The molecule has 0 heterocycles. The van der Waals surface area contributed by atoms with E-state index < -0.39 is 10.0 Å². The van der Waals surface area contributed by atoms with Crippen LogP contribution >= 0.6 is 11.6 Å². The fourth-order valence-corrected chi connectivity index (χ4v) is 4.84. The van der Waals surface area contributed by atoms with Crippen molar-refractivity contribution in [1.82, 2.24) is 9.62 Å². The van der Waals surface area contributed by atoms with Crippen LogP contribution in [0.1, 0.15) is 49.9 Å². The van der Waals surface area contributed by atoms with Crippen molar-refractivity contribution in [2.75, 3.05) is 13.1 Å². The summed E-state index contributed by atoms with van der Waals surface area (Å²) in [5.41, 5.74) is 0.326. The molecule has 0 aliphatic heterocycles. The molecule has 5 nitrogen and oxygen atoms in total. The highest BCUT2D eigenvalue weighted by Crippen LogP contribution is 2.26. The van der Waals surface area contributed by atoms with Crippen LogP contribution in [0.25, 0.3) is 0 Å². The molecule has 0 bridgehead atoms. The maximum atomic E-state index is 12.6. The highest BCUT2D eigenvalue weighted by atomic mass is 35.5. The van der Waals surface area contributed by atoms with Crippen molar-refractivity contribution in [2.24, 2.45) is 0 Å². The second kappa shape index (κ2) is 7.64. The van der Waals surface area contributed by atoms with Gasteiger partial charge in [0.1, 0.15) is 4.90 Å². The summed E-state index contributed by atoms with van der Waals surface area (Å²) >= 11 is 6.08. The Labute approximate surface area is 143 Å². The summed E-state index contributed by atoms with van der Waals surface area (Å²) in [7, 11) is -3.69. The molecular weight excluding hydrogens is 336 g/mol. The van der Waals surface area contributed by atoms with Crippen LogP contribution in [-0.4, -0.2) is 37.8 Å². The topological polar surface area (TPSA) is 66.5 Å². The molecule has 7 heteroatoms. The average Bonchev–Trinajstić information content (AvgIpc) is 3.01. The Morgan fingerprint density at radius 1 is 1.26 bits per heavy atom. The molecule has 1 aliphatic rings. The van der Waals surface area contributed by atoms with Gasteiger partial charge in [0.05, 0.1) is 5.02 Å². The lowest BCUT2D eigenvalue weighted by atomic mass is 10.2. The number of nitrogens with one attached hydrogen (secondary N) is 1. The molecule has 0 aromatic heterocycles. The lowest BCUT2D eigenvalue weighted by Crippen LogP contribution is -2.33. The van der Waals surface area contributed by atoms with E-state index in [0.29, 0.717) is 18.7 Å². The number of rotatable bonds is 6. The van der Waals surface area contributed by atoms with Crippen LogP contribution in [0.15, 0.2) is 23.1 Å². The van der Waals surface area contributed by atoms with Crippen LogP contribution in [0.4, 0.5) is 0 Å². The van der Waals surface area contributed by atoms with Gasteiger partial charge in [-0.1, -0.05) is 38.3 Å². The zero-order chi connectivity index (χ0) is 17.0. The van der Waals surface area contributed by atoms with Gasteiger partial charge in [0.25, 0.3) is 5.91 Å². The first-order chi connectivity index (χ1) is 10.9. The highest BCUT2D eigenvalue weighted by molar-refractivity contribution is 7.89. The van der Waals surface area contributed by atoms with Crippen molar-refractivity contribution in [3.63, 3.8) is 0 Å². The number of hydrogen-bond acceptors (Lipinski definition) is 3. The van der Waals surface area contributed by atoms with E-state index in [1.807, 2.05) is 0 Å². The van der Waals surface area contributed by atoms with E-state index in [1.165, 1.54) is 16.4 Å². The fraction of sp³-hybridized carbons (Fsp3) is 0.562. The van der Waals surface area contributed by atoms with Crippen molar-refractivity contribution >= 4 is 27.5 Å². The number of carbonyl (C=O) groups is 1. The van der Waals surface area contributed by atoms with Gasteiger partial charge in [-0.2, -0.15) is 4.31 Å². The summed E-state index contributed by atoms with van der Waals surface area (Å²) in [5.74, 6) is -0.246. The molecule has 0 atom stereocenters. The number of carbonyl (C=O) groups excluding carboxylic acids is 1. The summed E-state index contributed by atoms with van der Waals surface area (Å²) in [5, 5.41) is 3.09. The monoisotopic (exact) mass is 358 g/mol. The first kappa shape index (κ1) is 18.2. The summed E-state index contributed by atoms with van der Waals surface area (Å²) in [6.45, 7) is 4.25. The highest BCUT2D eigenvalue weighted by Gasteiger charge is 2.26. The minimum atomic E-state index is -3.69. The zero-order valence-electron chi connectivity index (χ0n) is 13.5. The molecular formula is C16H23ClN2O3S. The van der Waals surface area contributed by atoms with E-state index in [4.69, 9.17) is 11.6 Å². The first-order valence-electron chi connectivity index (χ1n) is 8.00. The Hall–Kier alpha value is -1.11. The third-order valence-corrected chi connectivity index (χ3v) is 6.74. The van der Waals surface area contributed by atoms with Gasteiger partial charge in [-0.3, -0.25) is 4.79 Å². The second-order valence-electron chi connectivity index (χ2n) is 5.69. The predicted octanol–water partition coefficient (Wildman–Crippen LogP) is 3.04. The lowest BCUT2D eigenvalue weighted by molar-refractivity contribution is 0.0937. The molecule has 0 saturated heterocycles. The van der Waals surface area contributed by atoms with Gasteiger partial charge in [0, 0.05) is 24.7 Å². The molecule has 23 heavy (non-hydrogen) atoms. The van der Waals surface area contributed by atoms with Gasteiger partial charge in [0.2, 0.25) is 10.0 Å². The Morgan fingerprint density at radius 2 is 1.87 bits per heavy atom. The van der Waals surface area contributed by atoms with E-state index in [-0.39, 0.29) is 21.9 Å². The largest absolute Gasteiger partial charge is 0.349 e. The zero-order valence-corrected chi connectivity index (χ0v) is 15.1. The van der Waals surface area contributed by atoms with Crippen LogP contribution in [0, 0.1) is 0 Å². The van der Waals surface area contributed by atoms with Crippen LogP contribution in [0.5, 0.6) is 0 Å². The van der Waals surface area contributed by atoms with Crippen LogP contribution < -0.4 is 5.32 Å². The molecule has 1 aromatic carbocycles. The summed E-state index contributed by atoms with van der Waals surface area (Å²) in [6, 6.07) is 4.59. The molecule has 1 aromatic rings. The van der Waals surface area contributed by atoms with Gasteiger partial charge >= 0.3 is 0 Å². The van der Waals surface area contributed by atoms with E-state index >= 15 is 0 Å². The smallest absolute Gasteiger partial charge is 0.251 e. The van der Waals surface area contributed by atoms with Crippen molar-refractivity contribution in [2.45, 2.75) is 50.5 Å². The first-order valence-corrected chi connectivity index (χ1v) is 9.82. The molecule has 1 saturated carbocycles. The number of nitrogens with zero attached hydrogens (tertiary/aromatic N) is 1. The Bertz CT molecular complexity index is 666. The number of halogens is 1. The van der Waals surface area contributed by atoms with Crippen LogP contribution in [0.2, 0.25) is 5.02 Å². The van der Waals surface area contributed by atoms with Gasteiger partial charge < -0.3 is 5.32 Å². The van der Waals surface area contributed by atoms with Gasteiger partial charge in [-0.25, -0.2) is 8.42 Å². The molecule has 1 N–H and O–H groups in total. The van der Waals surface area contributed by atoms with E-state index in [1.54, 1.807) is 19.9 Å². The minimum Gasteiger partial charge on any atom is -0.349 e. The summed E-state index contributed by atoms with van der Waals surface area (Å²) in [4.78, 5) is 12.3. The van der Waals surface area contributed by atoms with Crippen LogP contribution in [0.3, 0.4) is 0 Å². The third-order valence-electron chi connectivity index (χ3n) is 4.21. The molecule has 128 valence electrons. The number of hydrogen-bond donors (Lipinski definition) is 1. The standard InChI is InChI=1S/C16H23ClN2O3S/c1-3-19(4-2)23(21,22)15-11-12(9-10-14(15)17)16(20)18-13-7-5-6-8-13/h9-11,13H,3-8H2,1-2H3,(H,18,20). The van der Waals surface area contributed by atoms with Gasteiger partial charge in [0.15, 0.2) is 0 Å². The number of amides is 1. The summed E-state index contributed by atoms with van der Waals surface area (Å²) in [6.07, 6.45) is 4.19. The maximum absolute atomic E-state index is 12.6. The van der Waals surface area contributed by atoms with Crippen molar-refractivity contribution in [3.8, 4) is 0 Å². The molecule has 1 amide bonds. The Morgan fingerprint density at radius 3 is 2.43 bits per heavy atom. The molecule has 2 rings (SSSR count). The van der Waals surface area contributed by atoms with Gasteiger partial charge in [-0.05, 0) is 31.0 Å². The van der Waals surface area contributed by atoms with E-state index in [9.17, 15) is 13.2 Å². The summed E-state index contributed by atoms with van der Waals surface area (Å²) < 4.78 is 26.6. The lowest BCUT2D eigenvalue weighted by Gasteiger charge is -2.20. The minimum absolute atomic E-state index is 0.0121. The number of sulfonamides is 1. The molecule has 1 fully saturated rings. The Balaban J connectivity index is 2.29. The SMILES string of the molecule is CCN(CC)S(=O)(=O)c1cc(C(=O)NC2CCCC2)ccc1Cl. The van der Waals surface area contributed by atoms with Crippen molar-refractivity contribution in [1.29, 1.82) is 0 Å². The third kappa shape index (κ3) is 4.05. The van der Waals surface area contributed by atoms with Crippen molar-refractivity contribution < 1.29 is 13.2 Å². The molecule has 0 spiro atoms. The molecule has 1 aliphatic carbocycles. The average molecular weight is 359 g/mol. The fourth-order valence-electron chi connectivity index (χ4n) is 2.88. The molecule has 0 unspecified atom stereocenters. The number of benzene rings is 1. The van der Waals surface area contributed by atoms with E-state index in [2.05, 4.69) is 5.32 Å².